The van der Waals surface area contributed by atoms with E-state index in [1.165, 1.54) is 12.1 Å². The van der Waals surface area contributed by atoms with Crippen LogP contribution >= 0.6 is 11.6 Å². The van der Waals surface area contributed by atoms with E-state index >= 15 is 0 Å². The Balaban J connectivity index is 1.53. The van der Waals surface area contributed by atoms with Crippen LogP contribution in [-0.2, 0) is 14.6 Å². The van der Waals surface area contributed by atoms with Gasteiger partial charge < -0.3 is 20.3 Å². The van der Waals surface area contributed by atoms with E-state index < -0.39 is 50.2 Å². The molecule has 2 aliphatic rings. The average Bonchev–Trinajstić information content (AvgIpc) is 2.98. The van der Waals surface area contributed by atoms with Crippen LogP contribution in [0, 0.1) is 29.3 Å². The van der Waals surface area contributed by atoms with Gasteiger partial charge in [0.05, 0.1) is 40.1 Å². The monoisotopic (exact) mass is 561 g/mol. The zero-order valence-corrected chi connectivity index (χ0v) is 21.5. The smallest absolute Gasteiger partial charge is 0.255 e. The van der Waals surface area contributed by atoms with Gasteiger partial charge in [0, 0.05) is 23.4 Å². The van der Waals surface area contributed by atoms with Crippen molar-refractivity contribution in [2.24, 2.45) is 11.8 Å². The summed E-state index contributed by atoms with van der Waals surface area (Å²) in [5.41, 5.74) is -1.66. The molecule has 0 aromatic heterocycles. The molecular weight excluding hydrogens is 535 g/mol. The van der Waals surface area contributed by atoms with Crippen LogP contribution in [0.4, 0.5) is 18.9 Å². The number of carbonyl (C=O) groups excluding carboxylic acids is 1. The molecule has 2 aliphatic carbocycles. The van der Waals surface area contributed by atoms with Crippen LogP contribution in [0.15, 0.2) is 35.2 Å². The molecule has 202 valence electrons. The molecule has 3 atom stereocenters. The van der Waals surface area contributed by atoms with Crippen molar-refractivity contribution in [1.82, 2.24) is 0 Å². The Morgan fingerprint density at radius 3 is 2.32 bits per heavy atom. The first-order valence-corrected chi connectivity index (χ1v) is 13.7. The summed E-state index contributed by atoms with van der Waals surface area (Å²) >= 11 is 6.22. The summed E-state index contributed by atoms with van der Waals surface area (Å²) in [4.78, 5) is 12.4. The van der Waals surface area contributed by atoms with Crippen LogP contribution in [0.1, 0.15) is 43.0 Å². The third kappa shape index (κ3) is 5.51. The Labute approximate surface area is 217 Å². The maximum Gasteiger partial charge on any atom is 0.255 e. The summed E-state index contributed by atoms with van der Waals surface area (Å²) < 4.78 is 72.9. The zero-order chi connectivity index (χ0) is 27.1. The third-order valence-electron chi connectivity index (χ3n) is 7.25. The number of hydrogen-bond acceptors (Lipinski definition) is 6. The first kappa shape index (κ1) is 27.8. The lowest BCUT2D eigenvalue weighted by atomic mass is 9.75. The number of rotatable bonds is 8. The zero-order valence-electron chi connectivity index (χ0n) is 19.9. The molecule has 0 aliphatic heterocycles. The van der Waals surface area contributed by atoms with Gasteiger partial charge >= 0.3 is 0 Å². The predicted octanol–water partition coefficient (Wildman–Crippen LogP) is 4.10. The molecule has 2 aromatic rings. The van der Waals surface area contributed by atoms with Gasteiger partial charge in [-0.1, -0.05) is 11.6 Å². The summed E-state index contributed by atoms with van der Waals surface area (Å²) in [5.74, 6) is -6.18. The van der Waals surface area contributed by atoms with E-state index in [9.17, 15) is 36.6 Å². The van der Waals surface area contributed by atoms with Gasteiger partial charge in [-0.15, -0.1) is 0 Å². The molecule has 1 amide bonds. The van der Waals surface area contributed by atoms with Crippen LogP contribution in [0.25, 0.3) is 0 Å². The summed E-state index contributed by atoms with van der Waals surface area (Å²) in [7, 11) is -4.02. The van der Waals surface area contributed by atoms with Crippen LogP contribution in [0.3, 0.4) is 0 Å². The van der Waals surface area contributed by atoms with Crippen molar-refractivity contribution in [3.05, 3.63) is 58.4 Å². The van der Waals surface area contributed by atoms with Gasteiger partial charge in [0.25, 0.3) is 5.91 Å². The van der Waals surface area contributed by atoms with Crippen LogP contribution in [-0.4, -0.2) is 54.7 Å². The lowest BCUT2D eigenvalue weighted by Crippen LogP contribution is -2.51. The van der Waals surface area contributed by atoms with Crippen molar-refractivity contribution in [3.63, 3.8) is 0 Å². The predicted molar refractivity (Wildman–Crippen MR) is 130 cm³/mol. The second-order valence-corrected chi connectivity index (χ2v) is 12.4. The second kappa shape index (κ2) is 10.5. The normalized spacial score (nSPS) is 26.2. The number of fused-ring (bicyclic) bond motifs is 2. The number of sulfone groups is 1. The van der Waals surface area contributed by atoms with Gasteiger partial charge in [-0.3, -0.25) is 4.79 Å². The second-order valence-electron chi connectivity index (χ2n) is 9.82. The Morgan fingerprint density at radius 2 is 1.76 bits per heavy atom. The van der Waals surface area contributed by atoms with Crippen molar-refractivity contribution in [3.8, 4) is 0 Å². The van der Waals surface area contributed by atoms with Crippen molar-refractivity contribution >= 4 is 33.0 Å². The van der Waals surface area contributed by atoms with Crippen LogP contribution < -0.4 is 5.32 Å². The fraction of sp³-hybridized carbons (Fsp3) is 0.480. The molecule has 2 bridgehead atoms. The largest absolute Gasteiger partial charge is 0.391 e. The molecule has 0 saturated heterocycles. The van der Waals surface area contributed by atoms with Gasteiger partial charge in [-0.25, -0.2) is 21.6 Å². The Kier molecular flexibility index (Phi) is 7.92. The van der Waals surface area contributed by atoms with Gasteiger partial charge in [-0.05, 0) is 62.6 Å². The van der Waals surface area contributed by atoms with E-state index in [-0.39, 0.29) is 59.1 Å². The molecule has 0 spiro atoms. The molecule has 3 N–H and O–H groups in total. The fourth-order valence-electron chi connectivity index (χ4n) is 5.37. The third-order valence-corrected chi connectivity index (χ3v) is 9.90. The fourth-order valence-corrected chi connectivity index (χ4v) is 7.77. The molecule has 0 radical (unpaired) electrons. The molecular formula is C25H27ClF3NO6S. The van der Waals surface area contributed by atoms with E-state index in [0.29, 0.717) is 25.0 Å². The molecule has 37 heavy (non-hydrogen) atoms. The standard InChI is InChI=1S/C25H27ClF3NO6S/c1-13(31)11-36-12-25(33)15-3-4-16(25)8-18(7-15)37(34,35)22-6-14(2-5-19(22)26)24(32)30-17-9-20(27)23(29)21(28)10-17/h2,5-6,9-10,13,15-16,18,31,33H,3-4,7-8,11-12H2,1H3,(H,30,32)/t13-,15?,16?,18?,25?/m0/s1. The number of ether oxygens (including phenoxy) is 1. The highest BCUT2D eigenvalue weighted by molar-refractivity contribution is 7.92. The summed E-state index contributed by atoms with van der Waals surface area (Å²) in [6.45, 7) is 1.63. The number of aliphatic hydroxyl groups excluding tert-OH is 1. The molecule has 4 rings (SSSR count). The van der Waals surface area contributed by atoms with Gasteiger partial charge in [0.2, 0.25) is 0 Å². The van der Waals surface area contributed by atoms with Crippen molar-refractivity contribution < 1.29 is 41.3 Å². The van der Waals surface area contributed by atoms with E-state index in [0.717, 1.165) is 6.07 Å². The quantitative estimate of drug-likeness (QED) is 0.418. The highest BCUT2D eigenvalue weighted by Gasteiger charge is 2.55. The lowest BCUT2D eigenvalue weighted by molar-refractivity contribution is -0.121. The van der Waals surface area contributed by atoms with E-state index in [1.807, 2.05) is 0 Å². The number of nitrogens with one attached hydrogen (secondary N) is 1. The SMILES string of the molecule is C[C@H](O)COCC1(O)C2CCC1CC(S(=O)(=O)c1cc(C(=O)Nc3cc(F)c(F)c(F)c3)ccc1Cl)C2. The molecule has 2 aromatic carbocycles. The summed E-state index contributed by atoms with van der Waals surface area (Å²) in [5, 5.41) is 21.9. The molecule has 2 saturated carbocycles. The maximum absolute atomic E-state index is 13.6. The van der Waals surface area contributed by atoms with E-state index in [1.54, 1.807) is 6.92 Å². The average molecular weight is 562 g/mol. The molecule has 0 heterocycles. The molecule has 7 nitrogen and oxygen atoms in total. The summed E-state index contributed by atoms with van der Waals surface area (Å²) in [6, 6.07) is 4.81. The number of anilines is 1. The highest BCUT2D eigenvalue weighted by Crippen LogP contribution is 2.52. The Morgan fingerprint density at radius 1 is 1.16 bits per heavy atom. The van der Waals surface area contributed by atoms with Gasteiger partial charge in [-0.2, -0.15) is 0 Å². The molecule has 2 fully saturated rings. The van der Waals surface area contributed by atoms with Crippen LogP contribution in [0.5, 0.6) is 0 Å². The Hall–Kier alpha value is -2.18. The first-order chi connectivity index (χ1) is 17.3. The topological polar surface area (TPSA) is 113 Å². The number of carbonyl (C=O) groups is 1. The lowest BCUT2D eigenvalue weighted by Gasteiger charge is -2.42. The van der Waals surface area contributed by atoms with E-state index in [4.69, 9.17) is 16.3 Å². The van der Waals surface area contributed by atoms with E-state index in [2.05, 4.69) is 5.32 Å². The van der Waals surface area contributed by atoms with Crippen molar-refractivity contribution in [2.75, 3.05) is 18.5 Å². The molecule has 12 heteroatoms. The number of halogens is 4. The highest BCUT2D eigenvalue weighted by atomic mass is 35.5. The minimum absolute atomic E-state index is 0.000980. The van der Waals surface area contributed by atoms with Crippen LogP contribution in [0.2, 0.25) is 5.02 Å². The number of benzene rings is 2. The van der Waals surface area contributed by atoms with Gasteiger partial charge in [0.1, 0.15) is 0 Å². The number of hydrogen-bond donors (Lipinski definition) is 3. The molecule has 2 unspecified atom stereocenters. The maximum atomic E-state index is 13.6. The minimum Gasteiger partial charge on any atom is -0.391 e. The number of aliphatic hydroxyl groups is 2. The summed E-state index contributed by atoms with van der Waals surface area (Å²) in [6.07, 6.45) is 0.923. The Bertz CT molecular complexity index is 1270. The van der Waals surface area contributed by atoms with Crippen molar-refractivity contribution in [2.45, 2.75) is 54.5 Å². The van der Waals surface area contributed by atoms with Gasteiger partial charge in [0.15, 0.2) is 27.3 Å². The first-order valence-electron chi connectivity index (χ1n) is 11.8. The van der Waals surface area contributed by atoms with Crippen molar-refractivity contribution in [1.29, 1.82) is 0 Å². The number of amides is 1. The minimum atomic E-state index is -4.02.